The third-order valence-electron chi connectivity index (χ3n) is 2.54. The molecule has 1 aromatic carbocycles. The number of hydrogen-bond acceptors (Lipinski definition) is 6. The Hall–Kier alpha value is -2.71. The number of nitrogens with zero attached hydrogens (tertiary/aromatic N) is 2. The zero-order valence-electron chi connectivity index (χ0n) is 10.5. The predicted molar refractivity (Wildman–Crippen MR) is 78.1 cm³/mol. The normalized spacial score (nSPS) is 10.0. The van der Waals surface area contributed by atoms with Crippen molar-refractivity contribution in [3.05, 3.63) is 57.2 Å². The van der Waals surface area contributed by atoms with Crippen LogP contribution in [-0.4, -0.2) is 15.8 Å². The molecule has 0 radical (unpaired) electrons. The first-order valence-electron chi connectivity index (χ1n) is 5.70. The molecule has 0 atom stereocenters. The summed E-state index contributed by atoms with van der Waals surface area (Å²) in [5.74, 6) is 4.96. The number of carbonyl (C=O) groups excluding carboxylic acids is 1. The summed E-state index contributed by atoms with van der Waals surface area (Å²) in [6.07, 6.45) is 0. The lowest BCUT2D eigenvalue weighted by Gasteiger charge is -2.07. The van der Waals surface area contributed by atoms with Gasteiger partial charge in [0.1, 0.15) is 11.5 Å². The highest BCUT2D eigenvalue weighted by atomic mass is 35.5. The van der Waals surface area contributed by atoms with E-state index < -0.39 is 10.8 Å². The summed E-state index contributed by atoms with van der Waals surface area (Å²) in [7, 11) is 0. The number of amides is 1. The van der Waals surface area contributed by atoms with Crippen molar-refractivity contribution >= 4 is 34.7 Å². The van der Waals surface area contributed by atoms with Crippen LogP contribution in [0.1, 0.15) is 10.5 Å². The maximum absolute atomic E-state index is 12.0. The number of non-ortho nitro benzene ring substituents is 1. The average molecular weight is 308 g/mol. The fourth-order valence-corrected chi connectivity index (χ4v) is 1.72. The molecule has 0 unspecified atom stereocenters. The predicted octanol–water partition coefficient (Wildman–Crippen LogP) is 2.18. The molecule has 0 aliphatic heterocycles. The number of nitrogens with two attached hydrogens (primary N) is 1. The minimum absolute atomic E-state index is 0.0908. The number of benzene rings is 1. The van der Waals surface area contributed by atoms with Crippen LogP contribution in [0.3, 0.4) is 0 Å². The molecule has 0 spiro atoms. The van der Waals surface area contributed by atoms with E-state index in [9.17, 15) is 14.9 Å². The number of nitro benzene ring substituents is 1. The third-order valence-corrected chi connectivity index (χ3v) is 2.87. The van der Waals surface area contributed by atoms with Crippen molar-refractivity contribution in [1.29, 1.82) is 0 Å². The summed E-state index contributed by atoms with van der Waals surface area (Å²) in [6, 6.07) is 8.39. The van der Waals surface area contributed by atoms with Crippen LogP contribution >= 0.6 is 11.6 Å². The number of nitrogen functional groups attached to an aromatic ring is 1. The molecule has 1 heterocycles. The van der Waals surface area contributed by atoms with Gasteiger partial charge in [0.05, 0.1) is 15.6 Å². The van der Waals surface area contributed by atoms with Gasteiger partial charge in [-0.25, -0.2) is 10.8 Å². The van der Waals surface area contributed by atoms with Crippen LogP contribution in [0, 0.1) is 10.1 Å². The van der Waals surface area contributed by atoms with Gasteiger partial charge >= 0.3 is 0 Å². The van der Waals surface area contributed by atoms with Crippen LogP contribution in [0.4, 0.5) is 17.2 Å². The van der Waals surface area contributed by atoms with Crippen LogP contribution in [0.25, 0.3) is 0 Å². The third kappa shape index (κ3) is 3.44. The second-order valence-electron chi connectivity index (χ2n) is 3.93. The number of nitrogens with one attached hydrogen (secondary N) is 2. The molecule has 108 valence electrons. The Morgan fingerprint density at radius 2 is 2.10 bits per heavy atom. The van der Waals surface area contributed by atoms with E-state index in [2.05, 4.69) is 15.7 Å². The Kier molecular flexibility index (Phi) is 4.31. The maximum atomic E-state index is 12.0. The highest BCUT2D eigenvalue weighted by Gasteiger charge is 2.14. The van der Waals surface area contributed by atoms with Gasteiger partial charge in [-0.1, -0.05) is 17.7 Å². The van der Waals surface area contributed by atoms with Gasteiger partial charge in [-0.15, -0.1) is 0 Å². The Balaban J connectivity index is 2.26. The standard InChI is InChI=1S/C12H10ClN5O3/c13-8-5-4-7(18(20)21)6-10(8)16-12(19)9-2-1-3-11(15-9)17-14/h1-6H,14H2,(H,15,17)(H,16,19). The lowest BCUT2D eigenvalue weighted by atomic mass is 10.2. The van der Waals surface area contributed by atoms with Crippen LogP contribution in [0.2, 0.25) is 5.02 Å². The Morgan fingerprint density at radius 1 is 1.33 bits per heavy atom. The van der Waals surface area contributed by atoms with Gasteiger partial charge in [0, 0.05) is 12.1 Å². The van der Waals surface area contributed by atoms with Crippen molar-refractivity contribution in [3.63, 3.8) is 0 Å². The highest BCUT2D eigenvalue weighted by Crippen LogP contribution is 2.27. The molecular weight excluding hydrogens is 298 g/mol. The molecule has 2 rings (SSSR count). The molecule has 1 amide bonds. The first kappa shape index (κ1) is 14.7. The van der Waals surface area contributed by atoms with Crippen LogP contribution in [0.15, 0.2) is 36.4 Å². The van der Waals surface area contributed by atoms with E-state index in [4.69, 9.17) is 17.4 Å². The van der Waals surface area contributed by atoms with Gasteiger partial charge in [-0.2, -0.15) is 0 Å². The molecule has 0 bridgehead atoms. The van der Waals surface area contributed by atoms with E-state index in [0.717, 1.165) is 0 Å². The largest absolute Gasteiger partial charge is 0.319 e. The van der Waals surface area contributed by atoms with Crippen molar-refractivity contribution < 1.29 is 9.72 Å². The first-order chi connectivity index (χ1) is 10.0. The van der Waals surface area contributed by atoms with E-state index in [1.54, 1.807) is 12.1 Å². The van der Waals surface area contributed by atoms with Crippen molar-refractivity contribution in [1.82, 2.24) is 4.98 Å². The summed E-state index contributed by atoms with van der Waals surface area (Å²) in [5.41, 5.74) is 2.35. The van der Waals surface area contributed by atoms with Crippen LogP contribution in [0.5, 0.6) is 0 Å². The van der Waals surface area contributed by atoms with Gasteiger partial charge < -0.3 is 10.7 Å². The van der Waals surface area contributed by atoms with Gasteiger partial charge in [0.15, 0.2) is 0 Å². The fourth-order valence-electron chi connectivity index (χ4n) is 1.55. The van der Waals surface area contributed by atoms with Gasteiger partial charge in [0.25, 0.3) is 11.6 Å². The van der Waals surface area contributed by atoms with E-state index in [1.165, 1.54) is 24.3 Å². The van der Waals surface area contributed by atoms with Crippen molar-refractivity contribution in [2.45, 2.75) is 0 Å². The van der Waals surface area contributed by atoms with Gasteiger partial charge in [-0.3, -0.25) is 14.9 Å². The molecule has 0 saturated heterocycles. The summed E-state index contributed by atoms with van der Waals surface area (Å²) in [4.78, 5) is 26.1. The smallest absolute Gasteiger partial charge is 0.274 e. The summed E-state index contributed by atoms with van der Waals surface area (Å²) in [6.45, 7) is 0. The number of anilines is 2. The second kappa shape index (κ2) is 6.16. The molecule has 21 heavy (non-hydrogen) atoms. The molecule has 0 fully saturated rings. The van der Waals surface area contributed by atoms with Gasteiger partial charge in [-0.05, 0) is 18.2 Å². The number of hydrazine groups is 1. The summed E-state index contributed by atoms with van der Waals surface area (Å²) < 4.78 is 0. The quantitative estimate of drug-likeness (QED) is 0.452. The number of aromatic nitrogens is 1. The number of hydrogen-bond donors (Lipinski definition) is 3. The van der Waals surface area contributed by atoms with Crippen LogP contribution < -0.4 is 16.6 Å². The molecule has 4 N–H and O–H groups in total. The van der Waals surface area contributed by atoms with Crippen molar-refractivity contribution in [3.8, 4) is 0 Å². The van der Waals surface area contributed by atoms with Crippen molar-refractivity contribution in [2.75, 3.05) is 10.7 Å². The van der Waals surface area contributed by atoms with Crippen molar-refractivity contribution in [2.24, 2.45) is 5.84 Å². The van der Waals surface area contributed by atoms with E-state index in [1.807, 2.05) is 0 Å². The molecular formula is C12H10ClN5O3. The average Bonchev–Trinajstić information content (AvgIpc) is 2.49. The molecule has 1 aromatic heterocycles. The fraction of sp³-hybridized carbons (Fsp3) is 0. The molecule has 9 heteroatoms. The SMILES string of the molecule is NNc1cccc(C(=O)Nc2cc([N+](=O)[O-])ccc2Cl)n1. The monoisotopic (exact) mass is 307 g/mol. The number of halogens is 1. The summed E-state index contributed by atoms with van der Waals surface area (Å²) in [5, 5.41) is 13.4. The first-order valence-corrected chi connectivity index (χ1v) is 6.08. The Morgan fingerprint density at radius 3 is 2.76 bits per heavy atom. The molecule has 0 aliphatic rings. The molecule has 0 aliphatic carbocycles. The number of pyridine rings is 1. The zero-order valence-corrected chi connectivity index (χ0v) is 11.3. The van der Waals surface area contributed by atoms with E-state index in [0.29, 0.717) is 5.82 Å². The Labute approximate surface area is 124 Å². The van der Waals surface area contributed by atoms with Gasteiger partial charge in [0.2, 0.25) is 0 Å². The van der Waals surface area contributed by atoms with Crippen LogP contribution in [-0.2, 0) is 0 Å². The highest BCUT2D eigenvalue weighted by molar-refractivity contribution is 6.34. The number of nitro groups is 1. The maximum Gasteiger partial charge on any atom is 0.274 e. The second-order valence-corrected chi connectivity index (χ2v) is 4.33. The van der Waals surface area contributed by atoms with E-state index >= 15 is 0 Å². The molecule has 0 saturated carbocycles. The lowest BCUT2D eigenvalue weighted by Crippen LogP contribution is -2.16. The Bertz CT molecular complexity index is 707. The van der Waals surface area contributed by atoms with E-state index in [-0.39, 0.29) is 22.1 Å². The molecule has 8 nitrogen and oxygen atoms in total. The molecule has 2 aromatic rings. The minimum atomic E-state index is -0.580. The summed E-state index contributed by atoms with van der Waals surface area (Å²) >= 11 is 5.90. The minimum Gasteiger partial charge on any atom is -0.319 e. The topological polar surface area (TPSA) is 123 Å². The number of carbonyl (C=O) groups is 1. The zero-order chi connectivity index (χ0) is 15.4. The number of rotatable bonds is 4. The lowest BCUT2D eigenvalue weighted by molar-refractivity contribution is -0.384.